The van der Waals surface area contributed by atoms with E-state index in [1.807, 2.05) is 6.92 Å². The van der Waals surface area contributed by atoms with Gasteiger partial charge in [-0.25, -0.2) is 0 Å². The van der Waals surface area contributed by atoms with Crippen molar-refractivity contribution in [3.8, 4) is 11.5 Å². The highest BCUT2D eigenvalue weighted by molar-refractivity contribution is 5.46. The van der Waals surface area contributed by atoms with E-state index in [0.29, 0.717) is 12.5 Å². The van der Waals surface area contributed by atoms with Crippen LogP contribution in [0.1, 0.15) is 19.8 Å². The maximum Gasteiger partial charge on any atom is 0.573 e. The lowest BCUT2D eigenvalue weighted by Gasteiger charge is -2.11. The fraction of sp³-hybridized carbons (Fsp3) is 0.455. The van der Waals surface area contributed by atoms with Gasteiger partial charge in [0.05, 0.1) is 23.7 Å². The fourth-order valence-corrected chi connectivity index (χ4v) is 1.27. The summed E-state index contributed by atoms with van der Waals surface area (Å²) in [5.74, 6) is -0.699. The van der Waals surface area contributed by atoms with Gasteiger partial charge < -0.3 is 9.47 Å². The predicted molar refractivity (Wildman–Crippen MR) is 60.2 cm³/mol. The molecule has 19 heavy (non-hydrogen) atoms. The lowest BCUT2D eigenvalue weighted by atomic mass is 10.3. The minimum atomic E-state index is -4.91. The molecule has 0 aliphatic heterocycles. The highest BCUT2D eigenvalue weighted by Crippen LogP contribution is 2.31. The highest BCUT2D eigenvalue weighted by Gasteiger charge is 2.32. The minimum Gasteiger partial charge on any atom is -0.493 e. The number of benzene rings is 1. The summed E-state index contributed by atoms with van der Waals surface area (Å²) in [6, 6.07) is 2.72. The van der Waals surface area contributed by atoms with E-state index in [0.717, 1.165) is 18.6 Å². The molecule has 0 spiro atoms. The van der Waals surface area contributed by atoms with Gasteiger partial charge in [0, 0.05) is 6.07 Å². The van der Waals surface area contributed by atoms with Gasteiger partial charge in [0.2, 0.25) is 0 Å². The summed E-state index contributed by atoms with van der Waals surface area (Å²) in [4.78, 5) is 9.80. The number of alkyl halides is 3. The topological polar surface area (TPSA) is 61.6 Å². The first-order valence-corrected chi connectivity index (χ1v) is 5.50. The Kier molecular flexibility index (Phi) is 4.96. The van der Waals surface area contributed by atoms with Crippen LogP contribution in [-0.2, 0) is 0 Å². The summed E-state index contributed by atoms with van der Waals surface area (Å²) < 4.78 is 45.0. The molecule has 0 unspecified atom stereocenters. The van der Waals surface area contributed by atoms with E-state index in [1.54, 1.807) is 0 Å². The van der Waals surface area contributed by atoms with Gasteiger partial charge in [-0.15, -0.1) is 13.2 Å². The maximum absolute atomic E-state index is 12.1. The molecule has 0 atom stereocenters. The van der Waals surface area contributed by atoms with Crippen LogP contribution in [0.4, 0.5) is 18.9 Å². The largest absolute Gasteiger partial charge is 0.573 e. The lowest BCUT2D eigenvalue weighted by Crippen LogP contribution is -2.17. The van der Waals surface area contributed by atoms with E-state index < -0.39 is 22.7 Å². The number of nitrogens with zero attached hydrogens (tertiary/aromatic N) is 1. The third-order valence-corrected chi connectivity index (χ3v) is 2.08. The van der Waals surface area contributed by atoms with Gasteiger partial charge in [-0.05, 0) is 6.42 Å². The molecule has 0 aliphatic rings. The summed E-state index contributed by atoms with van der Waals surface area (Å²) in [5.41, 5.74) is -0.520. The molecule has 0 heterocycles. The number of nitro benzene ring substituents is 1. The third-order valence-electron chi connectivity index (χ3n) is 2.08. The van der Waals surface area contributed by atoms with Crippen molar-refractivity contribution < 1.29 is 27.6 Å². The summed E-state index contributed by atoms with van der Waals surface area (Å²) >= 11 is 0. The number of non-ortho nitro benzene ring substituents is 1. The standard InChI is InChI=1S/C11H12F3NO4/c1-2-3-4-18-9-5-8(15(16)17)6-10(7-9)19-11(12,13)14/h5-7H,2-4H2,1H3. The highest BCUT2D eigenvalue weighted by atomic mass is 19.4. The van der Waals surface area contributed by atoms with Crippen LogP contribution < -0.4 is 9.47 Å². The van der Waals surface area contributed by atoms with Crippen molar-refractivity contribution in [2.75, 3.05) is 6.61 Å². The monoisotopic (exact) mass is 279 g/mol. The molecule has 0 N–H and O–H groups in total. The van der Waals surface area contributed by atoms with E-state index in [1.165, 1.54) is 0 Å². The number of nitro groups is 1. The van der Waals surface area contributed by atoms with Crippen molar-refractivity contribution in [1.82, 2.24) is 0 Å². The average Bonchev–Trinajstić information content (AvgIpc) is 2.26. The zero-order chi connectivity index (χ0) is 14.5. The second kappa shape index (κ2) is 6.26. The Morgan fingerprint density at radius 2 is 1.89 bits per heavy atom. The third kappa shape index (κ3) is 5.45. The molecule has 8 heteroatoms. The van der Waals surface area contributed by atoms with Crippen molar-refractivity contribution in [2.24, 2.45) is 0 Å². The Bertz CT molecular complexity index is 448. The Morgan fingerprint density at radius 3 is 2.42 bits per heavy atom. The van der Waals surface area contributed by atoms with E-state index in [2.05, 4.69) is 4.74 Å². The van der Waals surface area contributed by atoms with E-state index in [4.69, 9.17) is 4.74 Å². The molecule has 1 rings (SSSR count). The van der Waals surface area contributed by atoms with Gasteiger partial charge in [0.25, 0.3) is 5.69 Å². The lowest BCUT2D eigenvalue weighted by molar-refractivity contribution is -0.385. The molecule has 1 aromatic carbocycles. The van der Waals surface area contributed by atoms with Gasteiger partial charge in [-0.1, -0.05) is 13.3 Å². The number of rotatable bonds is 6. The molecule has 0 fully saturated rings. The van der Waals surface area contributed by atoms with Crippen LogP contribution in [0, 0.1) is 10.1 Å². The minimum absolute atomic E-state index is 0.0260. The Hall–Kier alpha value is -1.99. The number of hydrogen-bond donors (Lipinski definition) is 0. The maximum atomic E-state index is 12.1. The van der Waals surface area contributed by atoms with Crippen LogP contribution in [0.2, 0.25) is 0 Å². The van der Waals surface area contributed by atoms with Gasteiger partial charge in [-0.3, -0.25) is 10.1 Å². The van der Waals surface area contributed by atoms with E-state index in [9.17, 15) is 23.3 Å². The first kappa shape index (κ1) is 15.1. The van der Waals surface area contributed by atoms with Crippen molar-refractivity contribution in [3.05, 3.63) is 28.3 Å². The Morgan fingerprint density at radius 1 is 1.26 bits per heavy atom. The molecule has 0 amide bonds. The fourth-order valence-electron chi connectivity index (χ4n) is 1.27. The van der Waals surface area contributed by atoms with E-state index in [-0.39, 0.29) is 12.4 Å². The summed E-state index contributed by atoms with van der Waals surface area (Å²) in [6.07, 6.45) is -3.38. The zero-order valence-electron chi connectivity index (χ0n) is 10.1. The zero-order valence-corrected chi connectivity index (χ0v) is 10.1. The van der Waals surface area contributed by atoms with Crippen LogP contribution in [0.25, 0.3) is 0 Å². The molecule has 0 aliphatic carbocycles. The Labute approximate surface area is 107 Å². The van der Waals surface area contributed by atoms with Crippen LogP contribution >= 0.6 is 0 Å². The van der Waals surface area contributed by atoms with Crippen LogP contribution in [0.15, 0.2) is 18.2 Å². The molecule has 0 bridgehead atoms. The van der Waals surface area contributed by atoms with Gasteiger partial charge >= 0.3 is 6.36 Å². The van der Waals surface area contributed by atoms with Gasteiger partial charge in [-0.2, -0.15) is 0 Å². The van der Waals surface area contributed by atoms with Crippen molar-refractivity contribution in [2.45, 2.75) is 26.1 Å². The molecule has 0 radical (unpaired) electrons. The molecular weight excluding hydrogens is 267 g/mol. The SMILES string of the molecule is CCCCOc1cc(OC(F)(F)F)cc([N+](=O)[O-])c1. The molecule has 1 aromatic rings. The number of unbranched alkanes of at least 4 members (excludes halogenated alkanes) is 1. The van der Waals surface area contributed by atoms with Gasteiger partial charge in [0.15, 0.2) is 0 Å². The van der Waals surface area contributed by atoms with E-state index >= 15 is 0 Å². The van der Waals surface area contributed by atoms with Crippen LogP contribution in [-0.4, -0.2) is 17.9 Å². The number of hydrogen-bond acceptors (Lipinski definition) is 4. The Balaban J connectivity index is 2.94. The number of halogens is 3. The van der Waals surface area contributed by atoms with Crippen molar-refractivity contribution in [1.29, 1.82) is 0 Å². The normalized spacial score (nSPS) is 11.2. The number of ether oxygens (including phenoxy) is 2. The second-order valence-electron chi connectivity index (χ2n) is 3.67. The van der Waals surface area contributed by atoms with Crippen LogP contribution in [0.3, 0.4) is 0 Å². The van der Waals surface area contributed by atoms with Crippen molar-refractivity contribution in [3.63, 3.8) is 0 Å². The molecule has 0 aromatic heterocycles. The first-order chi connectivity index (χ1) is 8.81. The molecule has 0 saturated carbocycles. The smallest absolute Gasteiger partial charge is 0.493 e. The molecular formula is C11H12F3NO4. The summed E-state index contributed by atoms with van der Waals surface area (Å²) in [6.45, 7) is 2.18. The molecule has 0 saturated heterocycles. The second-order valence-corrected chi connectivity index (χ2v) is 3.67. The summed E-state index contributed by atoms with van der Waals surface area (Å²) in [5, 5.41) is 10.6. The van der Waals surface area contributed by atoms with Crippen molar-refractivity contribution >= 4 is 5.69 Å². The molecule has 106 valence electrons. The first-order valence-electron chi connectivity index (χ1n) is 5.50. The summed E-state index contributed by atoms with van der Waals surface area (Å²) in [7, 11) is 0. The van der Waals surface area contributed by atoms with Crippen LogP contribution in [0.5, 0.6) is 11.5 Å². The van der Waals surface area contributed by atoms with Gasteiger partial charge in [0.1, 0.15) is 11.5 Å². The average molecular weight is 279 g/mol. The quantitative estimate of drug-likeness (QED) is 0.453. The predicted octanol–water partition coefficient (Wildman–Crippen LogP) is 3.67. The molecule has 5 nitrogen and oxygen atoms in total.